The Balaban J connectivity index is 2.59. The fraction of sp³-hybridized carbons (Fsp3) is 0.400. The lowest BCUT2D eigenvalue weighted by Crippen LogP contribution is -2.20. The number of methoxy groups -OCH3 is 1. The summed E-state index contributed by atoms with van der Waals surface area (Å²) in [5, 5.41) is 14.7. The minimum atomic E-state index is -3.86. The number of hydrogen-bond acceptors (Lipinski definition) is 7. The van der Waals surface area contributed by atoms with E-state index in [2.05, 4.69) is 5.32 Å². The Morgan fingerprint density at radius 2 is 1.52 bits per heavy atom. The maximum absolute atomic E-state index is 13.9. The van der Waals surface area contributed by atoms with Crippen molar-refractivity contribution < 1.29 is 23.3 Å². The van der Waals surface area contributed by atoms with Crippen LogP contribution in [0.15, 0.2) is 48.5 Å². The van der Waals surface area contributed by atoms with Crippen LogP contribution in [0.1, 0.15) is 39.0 Å². The third kappa shape index (κ3) is 6.03. The molecule has 0 heterocycles. The minimum absolute atomic E-state index is 0.168. The van der Waals surface area contributed by atoms with Gasteiger partial charge in [-0.2, -0.15) is 0 Å². The van der Waals surface area contributed by atoms with Crippen LogP contribution < -0.4 is 10.1 Å². The van der Waals surface area contributed by atoms with E-state index in [0.29, 0.717) is 11.4 Å². The van der Waals surface area contributed by atoms with Crippen LogP contribution in [0.25, 0.3) is 0 Å². The van der Waals surface area contributed by atoms with Crippen LogP contribution in [0.3, 0.4) is 0 Å². The first-order chi connectivity index (χ1) is 13.7. The molecule has 0 amide bonds. The molecule has 0 saturated heterocycles. The second kappa shape index (κ2) is 9.87. The second-order valence-corrected chi connectivity index (χ2v) is 8.96. The van der Waals surface area contributed by atoms with Gasteiger partial charge >= 0.3 is 7.60 Å². The lowest BCUT2D eigenvalue weighted by Gasteiger charge is -2.31. The van der Waals surface area contributed by atoms with Crippen LogP contribution in [-0.4, -0.2) is 24.2 Å². The molecular formula is C20H27N2O6P. The number of hydrogen-bond donors (Lipinski definition) is 1. The number of ether oxygens (including phenoxy) is 1. The van der Waals surface area contributed by atoms with E-state index in [-0.39, 0.29) is 11.3 Å². The molecule has 0 saturated carbocycles. The zero-order valence-corrected chi connectivity index (χ0v) is 18.1. The summed E-state index contributed by atoms with van der Waals surface area (Å²) in [5.41, 5.74) is 0.644. The first-order valence-corrected chi connectivity index (χ1v) is 10.9. The maximum Gasteiger partial charge on any atom is 0.358 e. The van der Waals surface area contributed by atoms with Crippen molar-refractivity contribution in [3.05, 3.63) is 64.2 Å². The molecule has 0 unspecified atom stereocenters. The average molecular weight is 422 g/mol. The molecule has 0 aliphatic carbocycles. The Labute approximate surface area is 170 Å². The van der Waals surface area contributed by atoms with Crippen LogP contribution >= 0.6 is 7.60 Å². The highest BCUT2D eigenvalue weighted by atomic mass is 31.2. The molecule has 9 heteroatoms. The van der Waals surface area contributed by atoms with Gasteiger partial charge in [0.25, 0.3) is 5.69 Å². The highest BCUT2D eigenvalue weighted by molar-refractivity contribution is 7.54. The topological polar surface area (TPSA) is 99.9 Å². The van der Waals surface area contributed by atoms with E-state index >= 15 is 0 Å². The van der Waals surface area contributed by atoms with Crippen LogP contribution in [0.2, 0.25) is 0 Å². The molecule has 1 N–H and O–H groups in total. The molecule has 0 aromatic heterocycles. The molecule has 8 nitrogen and oxygen atoms in total. The lowest BCUT2D eigenvalue weighted by molar-refractivity contribution is -0.385. The molecule has 0 aliphatic rings. The monoisotopic (exact) mass is 422 g/mol. The van der Waals surface area contributed by atoms with Gasteiger partial charge in [0.2, 0.25) is 0 Å². The molecular weight excluding hydrogens is 395 g/mol. The van der Waals surface area contributed by atoms with E-state index in [9.17, 15) is 14.7 Å². The summed E-state index contributed by atoms with van der Waals surface area (Å²) >= 11 is 0. The van der Waals surface area contributed by atoms with Crippen molar-refractivity contribution in [3.63, 3.8) is 0 Å². The van der Waals surface area contributed by atoms with Gasteiger partial charge in [-0.1, -0.05) is 12.1 Å². The van der Waals surface area contributed by atoms with Gasteiger partial charge in [-0.15, -0.1) is 0 Å². The Morgan fingerprint density at radius 3 is 2.00 bits per heavy atom. The number of nitrogens with zero attached hydrogens (tertiary/aromatic N) is 1. The molecule has 1 atom stereocenters. The van der Waals surface area contributed by atoms with Crippen LogP contribution in [0.5, 0.6) is 5.75 Å². The smallest absolute Gasteiger partial charge is 0.358 e. The van der Waals surface area contributed by atoms with Gasteiger partial charge in [0.15, 0.2) is 5.78 Å². The van der Waals surface area contributed by atoms with Crippen molar-refractivity contribution in [2.24, 2.45) is 0 Å². The Kier molecular flexibility index (Phi) is 7.79. The Morgan fingerprint density at radius 1 is 0.966 bits per heavy atom. The summed E-state index contributed by atoms with van der Waals surface area (Å²) in [6.45, 7) is 6.95. The summed E-state index contributed by atoms with van der Waals surface area (Å²) in [4.78, 5) is 11.1. The number of benzene rings is 2. The zero-order chi connectivity index (χ0) is 21.6. The molecule has 2 aromatic rings. The molecule has 0 aliphatic heterocycles. The number of nitrogens with one attached hydrogen (secondary N) is 1. The Hall–Kier alpha value is -2.41. The molecule has 0 radical (unpaired) electrons. The third-order valence-electron chi connectivity index (χ3n) is 3.85. The fourth-order valence-electron chi connectivity index (χ4n) is 2.79. The lowest BCUT2D eigenvalue weighted by atomic mass is 10.1. The third-order valence-corrected chi connectivity index (χ3v) is 6.32. The first kappa shape index (κ1) is 22.9. The number of anilines is 1. The summed E-state index contributed by atoms with van der Waals surface area (Å²) in [5.74, 6) is -0.430. The molecule has 29 heavy (non-hydrogen) atoms. The van der Waals surface area contributed by atoms with Crippen molar-refractivity contribution in [3.8, 4) is 5.75 Å². The standard InChI is InChI=1S/C20H27N2O6P/c1-14(2)27-29(25,28-15(3)4)20(18-8-6-7-9-19(18)22(23)24)21-16-10-12-17(26-5)13-11-16/h6-15,20-21H,1-5H3/t20-/m1/s1. The van der Waals surface area contributed by atoms with Gasteiger partial charge in [0.1, 0.15) is 5.75 Å². The van der Waals surface area contributed by atoms with Crippen LogP contribution in [-0.2, 0) is 13.6 Å². The number of nitro groups is 1. The Bertz CT molecular complexity index is 856. The molecule has 2 aromatic carbocycles. The number of rotatable bonds is 10. The SMILES string of the molecule is COc1ccc(N[C@@H](c2ccccc2[N+](=O)[O-])P(=O)(OC(C)C)OC(C)C)cc1. The van der Waals surface area contributed by atoms with E-state index in [0.717, 1.165) is 0 Å². The molecule has 158 valence electrons. The van der Waals surface area contributed by atoms with E-state index < -0.39 is 30.5 Å². The van der Waals surface area contributed by atoms with Gasteiger partial charge in [-0.05, 0) is 58.0 Å². The number of nitro benzene ring substituents is 1. The van der Waals surface area contributed by atoms with E-state index in [1.165, 1.54) is 6.07 Å². The van der Waals surface area contributed by atoms with Crippen LogP contribution in [0.4, 0.5) is 11.4 Å². The van der Waals surface area contributed by atoms with Gasteiger partial charge in [0.05, 0.1) is 29.8 Å². The summed E-state index contributed by atoms with van der Waals surface area (Å²) < 4.78 is 30.5. The van der Waals surface area contributed by atoms with E-state index in [1.54, 1.807) is 77.3 Å². The summed E-state index contributed by atoms with van der Waals surface area (Å²) in [6.07, 6.45) is -0.829. The van der Waals surface area contributed by atoms with Crippen molar-refractivity contribution in [2.45, 2.75) is 45.7 Å². The van der Waals surface area contributed by atoms with Gasteiger partial charge < -0.3 is 19.1 Å². The summed E-state index contributed by atoms with van der Waals surface area (Å²) in [6, 6.07) is 13.1. The van der Waals surface area contributed by atoms with Crippen LogP contribution in [0, 0.1) is 10.1 Å². The molecule has 0 fully saturated rings. The highest BCUT2D eigenvalue weighted by Crippen LogP contribution is 2.63. The predicted octanol–water partition coefficient (Wildman–Crippen LogP) is 5.76. The van der Waals surface area contributed by atoms with Crippen molar-refractivity contribution in [2.75, 3.05) is 12.4 Å². The largest absolute Gasteiger partial charge is 0.497 e. The molecule has 2 rings (SSSR count). The maximum atomic E-state index is 13.9. The van der Waals surface area contributed by atoms with Crippen molar-refractivity contribution in [1.29, 1.82) is 0 Å². The highest BCUT2D eigenvalue weighted by Gasteiger charge is 2.42. The fourth-order valence-corrected chi connectivity index (χ4v) is 5.13. The normalized spacial score (nSPS) is 12.8. The first-order valence-electron chi connectivity index (χ1n) is 9.26. The number of para-hydroxylation sites is 1. The van der Waals surface area contributed by atoms with Crippen molar-refractivity contribution >= 4 is 19.0 Å². The van der Waals surface area contributed by atoms with E-state index in [1.807, 2.05) is 0 Å². The predicted molar refractivity (Wildman–Crippen MR) is 113 cm³/mol. The minimum Gasteiger partial charge on any atom is -0.497 e. The van der Waals surface area contributed by atoms with E-state index in [4.69, 9.17) is 13.8 Å². The molecule has 0 spiro atoms. The molecule has 0 bridgehead atoms. The van der Waals surface area contributed by atoms with Crippen molar-refractivity contribution in [1.82, 2.24) is 0 Å². The average Bonchev–Trinajstić information content (AvgIpc) is 2.65. The van der Waals surface area contributed by atoms with Gasteiger partial charge in [0, 0.05) is 11.8 Å². The quantitative estimate of drug-likeness (QED) is 0.295. The van der Waals surface area contributed by atoms with Gasteiger partial charge in [-0.3, -0.25) is 14.7 Å². The zero-order valence-electron chi connectivity index (χ0n) is 17.2. The second-order valence-electron chi connectivity index (χ2n) is 6.94. The van der Waals surface area contributed by atoms with Gasteiger partial charge in [-0.25, -0.2) is 0 Å². The summed E-state index contributed by atoms with van der Waals surface area (Å²) in [7, 11) is -2.31.